The van der Waals surface area contributed by atoms with Gasteiger partial charge in [0, 0.05) is 25.8 Å². The van der Waals surface area contributed by atoms with Crippen molar-refractivity contribution in [3.05, 3.63) is 35.7 Å². The van der Waals surface area contributed by atoms with E-state index in [2.05, 4.69) is 29.0 Å². The molecule has 1 aliphatic rings. The van der Waals surface area contributed by atoms with E-state index in [1.165, 1.54) is 11.3 Å². The Kier molecular flexibility index (Phi) is 3.02. The van der Waals surface area contributed by atoms with E-state index < -0.39 is 0 Å². The molecule has 80 valence electrons. The number of aromatic nitrogens is 1. The summed E-state index contributed by atoms with van der Waals surface area (Å²) in [5, 5.41) is 0. The van der Waals surface area contributed by atoms with Crippen LogP contribution in [0.4, 0.5) is 5.69 Å². The van der Waals surface area contributed by atoms with Gasteiger partial charge in [0.05, 0.1) is 11.4 Å². The molecule has 3 heteroatoms. The molecule has 0 saturated heterocycles. The number of pyridine rings is 1. The fourth-order valence-corrected chi connectivity index (χ4v) is 1.86. The molecular formula is C12H17N3. The second-order valence-corrected chi connectivity index (χ2v) is 3.92. The Morgan fingerprint density at radius 1 is 1.53 bits per heavy atom. The van der Waals surface area contributed by atoms with E-state index in [9.17, 15) is 0 Å². The summed E-state index contributed by atoms with van der Waals surface area (Å²) >= 11 is 0. The number of rotatable bonds is 2. The minimum absolute atomic E-state index is 0.509. The fraction of sp³-hybridized carbons (Fsp3) is 0.417. The van der Waals surface area contributed by atoms with E-state index in [-0.39, 0.29) is 0 Å². The van der Waals surface area contributed by atoms with E-state index in [0.717, 1.165) is 25.2 Å². The normalized spacial score (nSPS) is 16.4. The highest BCUT2D eigenvalue weighted by Gasteiger charge is 2.13. The minimum Gasteiger partial charge on any atom is -0.366 e. The molecule has 1 aliphatic heterocycles. The number of anilines is 1. The molecule has 0 bridgehead atoms. The van der Waals surface area contributed by atoms with Gasteiger partial charge < -0.3 is 10.6 Å². The van der Waals surface area contributed by atoms with Gasteiger partial charge in [-0.3, -0.25) is 4.98 Å². The van der Waals surface area contributed by atoms with Crippen LogP contribution in [0.1, 0.15) is 19.0 Å². The van der Waals surface area contributed by atoms with E-state index in [0.29, 0.717) is 6.54 Å². The molecule has 2 heterocycles. The van der Waals surface area contributed by atoms with Crippen molar-refractivity contribution in [3.63, 3.8) is 0 Å². The van der Waals surface area contributed by atoms with Crippen molar-refractivity contribution in [2.24, 2.45) is 5.73 Å². The first kappa shape index (κ1) is 10.2. The molecule has 0 aliphatic carbocycles. The van der Waals surface area contributed by atoms with Gasteiger partial charge in [-0.25, -0.2) is 0 Å². The van der Waals surface area contributed by atoms with Crippen LogP contribution < -0.4 is 10.6 Å². The van der Waals surface area contributed by atoms with Gasteiger partial charge in [-0.2, -0.15) is 0 Å². The van der Waals surface area contributed by atoms with E-state index >= 15 is 0 Å². The average molecular weight is 203 g/mol. The molecule has 0 spiro atoms. The van der Waals surface area contributed by atoms with Crippen LogP contribution in [-0.2, 0) is 6.54 Å². The van der Waals surface area contributed by atoms with Crippen LogP contribution in [0.25, 0.3) is 0 Å². The number of nitrogens with zero attached hydrogens (tertiary/aromatic N) is 2. The van der Waals surface area contributed by atoms with Crippen LogP contribution in [0, 0.1) is 0 Å². The fourth-order valence-electron chi connectivity index (χ4n) is 1.86. The van der Waals surface area contributed by atoms with Crippen LogP contribution in [0.2, 0.25) is 0 Å². The molecule has 3 nitrogen and oxygen atoms in total. The first-order valence-corrected chi connectivity index (χ1v) is 5.36. The van der Waals surface area contributed by atoms with Crippen molar-refractivity contribution < 1.29 is 0 Å². The van der Waals surface area contributed by atoms with Crippen molar-refractivity contribution in [1.82, 2.24) is 4.98 Å². The first-order valence-electron chi connectivity index (χ1n) is 5.36. The summed E-state index contributed by atoms with van der Waals surface area (Å²) in [5.74, 6) is 0. The predicted molar refractivity (Wildman–Crippen MR) is 62.7 cm³/mol. The Morgan fingerprint density at radius 3 is 3.07 bits per heavy atom. The lowest BCUT2D eigenvalue weighted by molar-refractivity contribution is 0.776. The van der Waals surface area contributed by atoms with E-state index in [1.54, 1.807) is 6.20 Å². The van der Waals surface area contributed by atoms with Crippen molar-refractivity contribution >= 4 is 5.69 Å². The third-order valence-corrected chi connectivity index (χ3v) is 2.84. The molecule has 15 heavy (non-hydrogen) atoms. The van der Waals surface area contributed by atoms with E-state index in [4.69, 9.17) is 5.73 Å². The van der Waals surface area contributed by atoms with Crippen molar-refractivity contribution in [2.75, 3.05) is 18.0 Å². The second kappa shape index (κ2) is 4.45. The third-order valence-electron chi connectivity index (χ3n) is 2.84. The molecule has 1 aromatic heterocycles. The van der Waals surface area contributed by atoms with Gasteiger partial charge in [0.25, 0.3) is 0 Å². The Hall–Kier alpha value is -1.35. The highest BCUT2D eigenvalue weighted by Crippen LogP contribution is 2.21. The zero-order valence-corrected chi connectivity index (χ0v) is 9.11. The molecule has 0 fully saturated rings. The summed E-state index contributed by atoms with van der Waals surface area (Å²) in [6.07, 6.45) is 5.21. The molecule has 1 aromatic rings. The average Bonchev–Trinajstić information content (AvgIpc) is 2.30. The molecule has 0 unspecified atom stereocenters. The second-order valence-electron chi connectivity index (χ2n) is 3.92. The maximum absolute atomic E-state index is 5.68. The smallest absolute Gasteiger partial charge is 0.0772 e. The number of nitrogens with two attached hydrogens (primary N) is 1. The van der Waals surface area contributed by atoms with Crippen LogP contribution in [0.3, 0.4) is 0 Å². The highest BCUT2D eigenvalue weighted by molar-refractivity contribution is 5.51. The van der Waals surface area contributed by atoms with Gasteiger partial charge in [0.2, 0.25) is 0 Å². The van der Waals surface area contributed by atoms with Crippen LogP contribution in [0.5, 0.6) is 0 Å². The maximum Gasteiger partial charge on any atom is 0.0772 e. The van der Waals surface area contributed by atoms with Crippen LogP contribution >= 0.6 is 0 Å². The summed E-state index contributed by atoms with van der Waals surface area (Å²) < 4.78 is 0. The summed E-state index contributed by atoms with van der Waals surface area (Å²) in [6, 6.07) is 4.07. The van der Waals surface area contributed by atoms with Crippen LogP contribution in [-0.4, -0.2) is 18.1 Å². The lowest BCUT2D eigenvalue weighted by Crippen LogP contribution is -2.29. The zero-order chi connectivity index (χ0) is 10.7. The van der Waals surface area contributed by atoms with Crippen molar-refractivity contribution in [3.8, 4) is 0 Å². The standard InChI is InChI=1S/C12H17N3/c1-10-4-7-15(8-5-10)12-3-2-6-14-11(12)9-13/h2-4,6H,5,7-9,13H2,1H3. The quantitative estimate of drug-likeness (QED) is 0.744. The van der Waals surface area contributed by atoms with Crippen LogP contribution in [0.15, 0.2) is 30.0 Å². The number of hydrogen-bond donors (Lipinski definition) is 1. The molecule has 0 saturated carbocycles. The maximum atomic E-state index is 5.68. The lowest BCUT2D eigenvalue weighted by Gasteiger charge is -2.28. The first-order chi connectivity index (χ1) is 7.31. The van der Waals surface area contributed by atoms with E-state index in [1.807, 2.05) is 6.07 Å². The van der Waals surface area contributed by atoms with Gasteiger partial charge in [0.15, 0.2) is 0 Å². The zero-order valence-electron chi connectivity index (χ0n) is 9.11. The van der Waals surface area contributed by atoms with Gasteiger partial charge in [-0.15, -0.1) is 0 Å². The molecule has 2 rings (SSSR count). The molecule has 2 N–H and O–H groups in total. The van der Waals surface area contributed by atoms with Gasteiger partial charge in [0.1, 0.15) is 0 Å². The predicted octanol–water partition coefficient (Wildman–Crippen LogP) is 1.70. The Morgan fingerprint density at radius 2 is 2.40 bits per heavy atom. The summed E-state index contributed by atoms with van der Waals surface area (Å²) in [4.78, 5) is 6.64. The lowest BCUT2D eigenvalue weighted by atomic mass is 10.1. The number of hydrogen-bond acceptors (Lipinski definition) is 3. The molecule has 0 radical (unpaired) electrons. The Labute approximate surface area is 90.6 Å². The van der Waals surface area contributed by atoms with Crippen molar-refractivity contribution in [2.45, 2.75) is 19.9 Å². The third kappa shape index (κ3) is 2.18. The van der Waals surface area contributed by atoms with Crippen molar-refractivity contribution in [1.29, 1.82) is 0 Å². The summed E-state index contributed by atoms with van der Waals surface area (Å²) in [7, 11) is 0. The SMILES string of the molecule is CC1=CCN(c2cccnc2CN)CC1. The highest BCUT2D eigenvalue weighted by atomic mass is 15.1. The topological polar surface area (TPSA) is 42.2 Å². The monoisotopic (exact) mass is 203 g/mol. The molecule has 0 atom stereocenters. The Balaban J connectivity index is 2.22. The molecular weight excluding hydrogens is 186 g/mol. The minimum atomic E-state index is 0.509. The Bertz CT molecular complexity index is 371. The van der Waals surface area contributed by atoms with Gasteiger partial charge in [-0.05, 0) is 25.5 Å². The molecule has 0 amide bonds. The summed E-state index contributed by atoms with van der Waals surface area (Å²) in [6.45, 7) is 4.74. The van der Waals surface area contributed by atoms with Gasteiger partial charge >= 0.3 is 0 Å². The largest absolute Gasteiger partial charge is 0.366 e. The summed E-state index contributed by atoms with van der Waals surface area (Å²) in [5.41, 5.74) is 9.33. The molecule has 0 aromatic carbocycles. The van der Waals surface area contributed by atoms with Gasteiger partial charge in [-0.1, -0.05) is 11.6 Å².